The Kier molecular flexibility index (Phi) is 4.83. The molecule has 0 atom stereocenters. The summed E-state index contributed by atoms with van der Waals surface area (Å²) in [4.78, 5) is 0.423. The number of piperidine rings is 1. The molecule has 0 unspecified atom stereocenters. The van der Waals surface area contributed by atoms with Crippen molar-refractivity contribution < 1.29 is 8.42 Å². The number of benzene rings is 1. The van der Waals surface area contributed by atoms with Crippen molar-refractivity contribution in [3.63, 3.8) is 0 Å². The molecule has 112 valence electrons. The monoisotopic (exact) mass is 296 g/mol. The third-order valence-corrected chi connectivity index (χ3v) is 5.86. The predicted octanol–water partition coefficient (Wildman–Crippen LogP) is 2.05. The molecular weight excluding hydrogens is 272 g/mol. The minimum Gasteiger partial charge on any atom is -0.330 e. The molecule has 1 aromatic rings. The van der Waals surface area contributed by atoms with Crippen molar-refractivity contribution in [3.8, 4) is 0 Å². The number of hydrogen-bond donors (Lipinski definition) is 1. The number of sulfonamides is 1. The zero-order valence-electron chi connectivity index (χ0n) is 12.3. The summed E-state index contributed by atoms with van der Waals surface area (Å²) >= 11 is 0. The molecule has 1 aliphatic rings. The lowest BCUT2D eigenvalue weighted by molar-refractivity contribution is 0.266. The molecular formula is C15H24N2O2S. The van der Waals surface area contributed by atoms with Gasteiger partial charge in [0.1, 0.15) is 0 Å². The fourth-order valence-corrected chi connectivity index (χ4v) is 4.56. The number of aryl methyl sites for hydroxylation is 2. The molecule has 0 aliphatic carbocycles. The zero-order chi connectivity index (χ0) is 14.8. The molecule has 1 heterocycles. The van der Waals surface area contributed by atoms with E-state index in [4.69, 9.17) is 5.73 Å². The number of hydrogen-bond acceptors (Lipinski definition) is 3. The summed E-state index contributed by atoms with van der Waals surface area (Å²) in [6, 6.07) is 5.51. The molecule has 1 aliphatic heterocycles. The van der Waals surface area contributed by atoms with E-state index >= 15 is 0 Å². The average Bonchev–Trinajstić information content (AvgIpc) is 2.38. The molecule has 5 heteroatoms. The van der Waals surface area contributed by atoms with Gasteiger partial charge in [-0.05, 0) is 68.8 Å². The maximum Gasteiger partial charge on any atom is 0.243 e. The highest BCUT2D eigenvalue weighted by Gasteiger charge is 2.29. The van der Waals surface area contributed by atoms with Gasteiger partial charge in [0.15, 0.2) is 0 Å². The standard InChI is InChI=1S/C15H24N2O2S/c1-12-9-13(2)11-15(10-12)20(18,19)17-7-4-14(3-6-16)5-8-17/h9-11,14H,3-8,16H2,1-2H3. The molecule has 4 nitrogen and oxygen atoms in total. The van der Waals surface area contributed by atoms with E-state index in [9.17, 15) is 8.42 Å². The van der Waals surface area contributed by atoms with Crippen LogP contribution in [0.4, 0.5) is 0 Å². The third-order valence-electron chi connectivity index (χ3n) is 3.98. The van der Waals surface area contributed by atoms with Crippen molar-refractivity contribution >= 4 is 10.0 Å². The van der Waals surface area contributed by atoms with E-state index in [1.54, 1.807) is 16.4 Å². The first kappa shape index (κ1) is 15.5. The van der Waals surface area contributed by atoms with Gasteiger partial charge in [0.05, 0.1) is 4.90 Å². The van der Waals surface area contributed by atoms with Crippen LogP contribution in [0.25, 0.3) is 0 Å². The molecule has 1 aromatic carbocycles. The highest BCUT2D eigenvalue weighted by atomic mass is 32.2. The van der Waals surface area contributed by atoms with Gasteiger partial charge < -0.3 is 5.73 Å². The Hall–Kier alpha value is -0.910. The van der Waals surface area contributed by atoms with Crippen molar-refractivity contribution in [2.75, 3.05) is 19.6 Å². The van der Waals surface area contributed by atoms with Crippen LogP contribution >= 0.6 is 0 Å². The number of rotatable bonds is 4. The van der Waals surface area contributed by atoms with E-state index in [0.29, 0.717) is 30.4 Å². The summed E-state index contributed by atoms with van der Waals surface area (Å²) in [5.74, 6) is 0.575. The largest absolute Gasteiger partial charge is 0.330 e. The first-order valence-corrected chi connectivity index (χ1v) is 8.66. The summed E-state index contributed by atoms with van der Waals surface area (Å²) in [6.07, 6.45) is 2.83. The van der Waals surface area contributed by atoms with E-state index in [1.165, 1.54) is 0 Å². The van der Waals surface area contributed by atoms with Crippen molar-refractivity contribution in [3.05, 3.63) is 29.3 Å². The van der Waals surface area contributed by atoms with Crippen LogP contribution in [0.15, 0.2) is 23.1 Å². The van der Waals surface area contributed by atoms with Gasteiger partial charge in [0.25, 0.3) is 0 Å². The minimum atomic E-state index is -3.34. The Morgan fingerprint density at radius 2 is 1.70 bits per heavy atom. The maximum atomic E-state index is 12.7. The molecule has 0 radical (unpaired) electrons. The van der Waals surface area contributed by atoms with Gasteiger partial charge in [-0.1, -0.05) is 6.07 Å². The summed E-state index contributed by atoms with van der Waals surface area (Å²) < 4.78 is 26.9. The normalized spacial score (nSPS) is 18.4. The molecule has 0 amide bonds. The molecule has 20 heavy (non-hydrogen) atoms. The topological polar surface area (TPSA) is 63.4 Å². The Balaban J connectivity index is 2.15. The molecule has 1 fully saturated rings. The Labute approximate surface area is 122 Å². The van der Waals surface area contributed by atoms with Crippen LogP contribution in [0.3, 0.4) is 0 Å². The lowest BCUT2D eigenvalue weighted by atomic mass is 9.95. The highest BCUT2D eigenvalue weighted by Crippen LogP contribution is 2.26. The molecule has 0 spiro atoms. The quantitative estimate of drug-likeness (QED) is 0.925. The predicted molar refractivity (Wildman–Crippen MR) is 81.1 cm³/mol. The van der Waals surface area contributed by atoms with Crippen LogP contribution < -0.4 is 5.73 Å². The fraction of sp³-hybridized carbons (Fsp3) is 0.600. The van der Waals surface area contributed by atoms with E-state index < -0.39 is 10.0 Å². The average molecular weight is 296 g/mol. The van der Waals surface area contributed by atoms with Crippen LogP contribution in [0.2, 0.25) is 0 Å². The van der Waals surface area contributed by atoms with E-state index in [-0.39, 0.29) is 0 Å². The summed E-state index contributed by atoms with van der Waals surface area (Å²) in [5.41, 5.74) is 7.55. The van der Waals surface area contributed by atoms with Crippen molar-refractivity contribution in [1.29, 1.82) is 0 Å². The van der Waals surface area contributed by atoms with Crippen LogP contribution in [-0.2, 0) is 10.0 Å². The van der Waals surface area contributed by atoms with Crippen LogP contribution in [0.5, 0.6) is 0 Å². The Morgan fingerprint density at radius 1 is 1.15 bits per heavy atom. The summed E-state index contributed by atoms with van der Waals surface area (Å²) in [6.45, 7) is 5.77. The number of nitrogens with zero attached hydrogens (tertiary/aromatic N) is 1. The number of nitrogens with two attached hydrogens (primary N) is 1. The lowest BCUT2D eigenvalue weighted by Crippen LogP contribution is -2.38. The van der Waals surface area contributed by atoms with Gasteiger partial charge in [0.2, 0.25) is 10.0 Å². The van der Waals surface area contributed by atoms with Gasteiger partial charge in [-0.3, -0.25) is 0 Å². The molecule has 0 aromatic heterocycles. The van der Waals surface area contributed by atoms with Crippen molar-refractivity contribution in [1.82, 2.24) is 4.31 Å². The van der Waals surface area contributed by atoms with E-state index in [1.807, 2.05) is 19.9 Å². The second kappa shape index (κ2) is 6.24. The van der Waals surface area contributed by atoms with E-state index in [0.717, 1.165) is 30.4 Å². The fourth-order valence-electron chi connectivity index (χ4n) is 2.90. The second-order valence-corrected chi connectivity index (χ2v) is 7.69. The first-order chi connectivity index (χ1) is 9.43. The van der Waals surface area contributed by atoms with Crippen molar-refractivity contribution in [2.24, 2.45) is 11.7 Å². The molecule has 2 rings (SSSR count). The first-order valence-electron chi connectivity index (χ1n) is 7.22. The summed E-state index contributed by atoms with van der Waals surface area (Å²) in [5, 5.41) is 0. The van der Waals surface area contributed by atoms with E-state index in [2.05, 4.69) is 0 Å². The van der Waals surface area contributed by atoms with Crippen LogP contribution in [0.1, 0.15) is 30.4 Å². The molecule has 0 saturated carbocycles. The zero-order valence-corrected chi connectivity index (χ0v) is 13.1. The summed E-state index contributed by atoms with van der Waals surface area (Å²) in [7, 11) is -3.34. The smallest absolute Gasteiger partial charge is 0.243 e. The minimum absolute atomic E-state index is 0.423. The van der Waals surface area contributed by atoms with Gasteiger partial charge in [-0.25, -0.2) is 8.42 Å². The Morgan fingerprint density at radius 3 is 2.20 bits per heavy atom. The van der Waals surface area contributed by atoms with Crippen LogP contribution in [-0.4, -0.2) is 32.4 Å². The van der Waals surface area contributed by atoms with Crippen molar-refractivity contribution in [2.45, 2.75) is 38.0 Å². The second-order valence-electron chi connectivity index (χ2n) is 5.75. The van der Waals surface area contributed by atoms with Gasteiger partial charge in [-0.2, -0.15) is 4.31 Å². The lowest BCUT2D eigenvalue weighted by Gasteiger charge is -2.31. The van der Waals surface area contributed by atoms with Gasteiger partial charge in [0, 0.05) is 13.1 Å². The Bertz CT molecular complexity index is 541. The third kappa shape index (κ3) is 3.40. The van der Waals surface area contributed by atoms with Gasteiger partial charge >= 0.3 is 0 Å². The SMILES string of the molecule is Cc1cc(C)cc(S(=O)(=O)N2CCC(CCN)CC2)c1. The van der Waals surface area contributed by atoms with Crippen LogP contribution in [0, 0.1) is 19.8 Å². The molecule has 2 N–H and O–H groups in total. The molecule has 1 saturated heterocycles. The van der Waals surface area contributed by atoms with Gasteiger partial charge in [-0.15, -0.1) is 0 Å². The highest BCUT2D eigenvalue weighted by molar-refractivity contribution is 7.89. The molecule has 0 bridgehead atoms. The maximum absolute atomic E-state index is 12.7.